The Morgan fingerprint density at radius 2 is 1.77 bits per heavy atom. The molecular formula is C20H20N4O2. The molecule has 1 aromatic heterocycles. The van der Waals surface area contributed by atoms with E-state index in [0.717, 1.165) is 13.0 Å². The Bertz CT molecular complexity index is 851. The summed E-state index contributed by atoms with van der Waals surface area (Å²) in [4.78, 5) is 20.7. The van der Waals surface area contributed by atoms with Gasteiger partial charge in [-0.15, -0.1) is 0 Å². The Labute approximate surface area is 152 Å². The number of nitrogens with zero attached hydrogens (tertiary/aromatic N) is 2. The van der Waals surface area contributed by atoms with Crippen molar-refractivity contribution in [3.8, 4) is 5.75 Å². The lowest BCUT2D eigenvalue weighted by Gasteiger charge is -2.09. The Morgan fingerprint density at radius 1 is 1.00 bits per heavy atom. The molecule has 0 saturated heterocycles. The summed E-state index contributed by atoms with van der Waals surface area (Å²) in [6.07, 6.45) is 3.90. The maximum Gasteiger partial charge on any atom is 0.275 e. The van der Waals surface area contributed by atoms with Crippen LogP contribution in [0.1, 0.15) is 16.1 Å². The largest absolute Gasteiger partial charge is 0.495 e. The average molecular weight is 348 g/mol. The quantitative estimate of drug-likeness (QED) is 0.684. The smallest absolute Gasteiger partial charge is 0.275 e. The predicted molar refractivity (Wildman–Crippen MR) is 102 cm³/mol. The van der Waals surface area contributed by atoms with E-state index in [1.54, 1.807) is 25.4 Å². The van der Waals surface area contributed by atoms with Gasteiger partial charge in [0, 0.05) is 6.54 Å². The highest BCUT2D eigenvalue weighted by atomic mass is 16.5. The van der Waals surface area contributed by atoms with Crippen LogP contribution in [0.4, 0.5) is 11.5 Å². The van der Waals surface area contributed by atoms with Crippen molar-refractivity contribution in [2.45, 2.75) is 6.42 Å². The first kappa shape index (κ1) is 17.4. The van der Waals surface area contributed by atoms with Crippen molar-refractivity contribution in [2.24, 2.45) is 0 Å². The van der Waals surface area contributed by atoms with Crippen LogP contribution in [-0.2, 0) is 6.42 Å². The number of carbonyl (C=O) groups excluding carboxylic acids is 1. The SMILES string of the molecule is COc1ccccc1NC(=O)c1cnc(NCCc2ccccc2)cn1. The summed E-state index contributed by atoms with van der Waals surface area (Å²) in [5, 5.41) is 5.98. The molecule has 26 heavy (non-hydrogen) atoms. The highest BCUT2D eigenvalue weighted by Crippen LogP contribution is 2.23. The molecule has 0 bridgehead atoms. The van der Waals surface area contributed by atoms with Gasteiger partial charge in [-0.3, -0.25) is 4.79 Å². The van der Waals surface area contributed by atoms with Gasteiger partial charge in [-0.1, -0.05) is 42.5 Å². The fraction of sp³-hybridized carbons (Fsp3) is 0.150. The van der Waals surface area contributed by atoms with Crippen LogP contribution in [0.2, 0.25) is 0 Å². The predicted octanol–water partition coefficient (Wildman–Crippen LogP) is 3.39. The molecule has 0 fully saturated rings. The molecule has 6 heteroatoms. The molecule has 3 aromatic rings. The maximum absolute atomic E-state index is 12.3. The molecule has 6 nitrogen and oxygen atoms in total. The van der Waals surface area contributed by atoms with Crippen molar-refractivity contribution in [3.63, 3.8) is 0 Å². The summed E-state index contributed by atoms with van der Waals surface area (Å²) in [5.74, 6) is 0.889. The third-order valence-electron chi connectivity index (χ3n) is 3.80. The molecule has 2 N–H and O–H groups in total. The molecule has 0 saturated carbocycles. The fourth-order valence-electron chi connectivity index (χ4n) is 2.45. The summed E-state index contributed by atoms with van der Waals surface area (Å²) in [6, 6.07) is 17.4. The first-order valence-electron chi connectivity index (χ1n) is 8.30. The van der Waals surface area contributed by atoms with Gasteiger partial charge < -0.3 is 15.4 Å². The Hall–Kier alpha value is -3.41. The molecule has 0 aliphatic rings. The van der Waals surface area contributed by atoms with Crippen LogP contribution in [0.3, 0.4) is 0 Å². The van der Waals surface area contributed by atoms with E-state index in [0.29, 0.717) is 17.3 Å². The minimum absolute atomic E-state index is 0.240. The van der Waals surface area contributed by atoms with Crippen molar-refractivity contribution in [3.05, 3.63) is 78.2 Å². The number of benzene rings is 2. The molecule has 0 aliphatic carbocycles. The molecule has 0 spiro atoms. The van der Waals surface area contributed by atoms with E-state index < -0.39 is 0 Å². The van der Waals surface area contributed by atoms with Crippen molar-refractivity contribution in [1.29, 1.82) is 0 Å². The summed E-state index contributed by atoms with van der Waals surface area (Å²) >= 11 is 0. The molecule has 1 heterocycles. The van der Waals surface area contributed by atoms with Gasteiger partial charge in [0.2, 0.25) is 0 Å². The van der Waals surface area contributed by atoms with Crippen LogP contribution in [0.5, 0.6) is 5.75 Å². The highest BCUT2D eigenvalue weighted by Gasteiger charge is 2.11. The van der Waals surface area contributed by atoms with E-state index in [9.17, 15) is 4.79 Å². The number of anilines is 2. The van der Waals surface area contributed by atoms with Crippen LogP contribution >= 0.6 is 0 Å². The van der Waals surface area contributed by atoms with Crippen LogP contribution < -0.4 is 15.4 Å². The zero-order chi connectivity index (χ0) is 18.2. The zero-order valence-electron chi connectivity index (χ0n) is 14.5. The number of carbonyl (C=O) groups is 1. The molecule has 132 valence electrons. The number of aromatic nitrogens is 2. The van der Waals surface area contributed by atoms with E-state index in [2.05, 4.69) is 32.7 Å². The van der Waals surface area contributed by atoms with Crippen molar-refractivity contribution >= 4 is 17.4 Å². The lowest BCUT2D eigenvalue weighted by molar-refractivity contribution is 0.102. The Balaban J connectivity index is 1.56. The van der Waals surface area contributed by atoms with Crippen LogP contribution in [0.25, 0.3) is 0 Å². The topological polar surface area (TPSA) is 76.1 Å². The minimum atomic E-state index is -0.335. The Morgan fingerprint density at radius 3 is 2.50 bits per heavy atom. The first-order chi connectivity index (χ1) is 12.8. The van der Waals surface area contributed by atoms with Gasteiger partial charge in [0.05, 0.1) is 25.2 Å². The Kier molecular flexibility index (Phi) is 5.77. The minimum Gasteiger partial charge on any atom is -0.495 e. The van der Waals surface area contributed by atoms with E-state index in [4.69, 9.17) is 4.74 Å². The second kappa shape index (κ2) is 8.62. The second-order valence-electron chi connectivity index (χ2n) is 5.60. The van der Waals surface area contributed by atoms with E-state index in [-0.39, 0.29) is 11.6 Å². The van der Waals surface area contributed by atoms with Gasteiger partial charge in [-0.2, -0.15) is 0 Å². The number of rotatable bonds is 7. The summed E-state index contributed by atoms with van der Waals surface area (Å²) < 4.78 is 5.22. The maximum atomic E-state index is 12.3. The van der Waals surface area contributed by atoms with E-state index in [1.807, 2.05) is 30.3 Å². The van der Waals surface area contributed by atoms with E-state index >= 15 is 0 Å². The highest BCUT2D eigenvalue weighted by molar-refractivity contribution is 6.03. The van der Waals surface area contributed by atoms with E-state index in [1.165, 1.54) is 11.8 Å². The molecular weight excluding hydrogens is 328 g/mol. The number of amides is 1. The molecule has 0 atom stereocenters. The number of hydrogen-bond donors (Lipinski definition) is 2. The fourth-order valence-corrected chi connectivity index (χ4v) is 2.45. The van der Waals surface area contributed by atoms with Gasteiger partial charge in [0.15, 0.2) is 0 Å². The van der Waals surface area contributed by atoms with Crippen LogP contribution in [-0.4, -0.2) is 29.5 Å². The average Bonchev–Trinajstić information content (AvgIpc) is 2.70. The number of ether oxygens (including phenoxy) is 1. The molecule has 0 aliphatic heterocycles. The van der Waals surface area contributed by atoms with Gasteiger partial charge in [0.25, 0.3) is 5.91 Å². The number of methoxy groups -OCH3 is 1. The third-order valence-corrected chi connectivity index (χ3v) is 3.80. The summed E-state index contributed by atoms with van der Waals surface area (Å²) in [5.41, 5.74) is 2.08. The molecule has 3 rings (SSSR count). The summed E-state index contributed by atoms with van der Waals surface area (Å²) in [7, 11) is 1.56. The van der Waals surface area contributed by atoms with Crippen LogP contribution in [0.15, 0.2) is 67.0 Å². The summed E-state index contributed by atoms with van der Waals surface area (Å²) in [6.45, 7) is 0.742. The molecule has 1 amide bonds. The number of para-hydroxylation sites is 2. The second-order valence-corrected chi connectivity index (χ2v) is 5.60. The lowest BCUT2D eigenvalue weighted by atomic mass is 10.1. The van der Waals surface area contributed by atoms with Crippen molar-refractivity contribution in [2.75, 3.05) is 24.3 Å². The molecule has 2 aromatic carbocycles. The van der Waals surface area contributed by atoms with Crippen molar-refractivity contribution < 1.29 is 9.53 Å². The number of nitrogens with one attached hydrogen (secondary N) is 2. The lowest BCUT2D eigenvalue weighted by Crippen LogP contribution is -2.15. The zero-order valence-corrected chi connectivity index (χ0v) is 14.5. The van der Waals surface area contributed by atoms with Gasteiger partial charge in [0.1, 0.15) is 17.3 Å². The van der Waals surface area contributed by atoms with Crippen molar-refractivity contribution in [1.82, 2.24) is 9.97 Å². The standard InChI is InChI=1S/C20H20N4O2/c1-26-18-10-6-5-9-16(18)24-20(25)17-13-23-19(14-22-17)21-12-11-15-7-3-2-4-8-15/h2-10,13-14H,11-12H2,1H3,(H,21,23)(H,24,25). The normalized spacial score (nSPS) is 10.2. The molecule has 0 radical (unpaired) electrons. The van der Waals surface area contributed by atoms with Crippen LogP contribution in [0, 0.1) is 0 Å². The van der Waals surface area contributed by atoms with Gasteiger partial charge in [-0.05, 0) is 24.1 Å². The number of hydrogen-bond acceptors (Lipinski definition) is 5. The van der Waals surface area contributed by atoms with Gasteiger partial charge >= 0.3 is 0 Å². The first-order valence-corrected chi connectivity index (χ1v) is 8.30. The monoisotopic (exact) mass is 348 g/mol. The van der Waals surface area contributed by atoms with Gasteiger partial charge in [-0.25, -0.2) is 9.97 Å². The third kappa shape index (κ3) is 4.57. The molecule has 0 unspecified atom stereocenters.